The maximum Gasteiger partial charge on any atom is 0.254 e. The van der Waals surface area contributed by atoms with Crippen LogP contribution in [-0.4, -0.2) is 57.0 Å². The third-order valence-corrected chi connectivity index (χ3v) is 6.13. The number of carbonyl (C=O) groups excluding carboxylic acids is 4. The number of benzene rings is 2. The first-order valence-electron chi connectivity index (χ1n) is 11.9. The Kier molecular flexibility index (Phi) is 7.61. The molecule has 2 heterocycles. The van der Waals surface area contributed by atoms with Gasteiger partial charge in [0.2, 0.25) is 17.7 Å². The Balaban J connectivity index is 1.73. The monoisotopic (exact) mass is 503 g/mol. The summed E-state index contributed by atoms with van der Waals surface area (Å²) < 4.78 is 1.70. The van der Waals surface area contributed by atoms with Crippen molar-refractivity contribution in [2.24, 2.45) is 0 Å². The van der Waals surface area contributed by atoms with E-state index in [1.165, 1.54) is 6.92 Å². The molecule has 1 aliphatic heterocycles. The van der Waals surface area contributed by atoms with Crippen LogP contribution in [0, 0.1) is 13.8 Å². The Hall–Kier alpha value is -4.54. The predicted molar refractivity (Wildman–Crippen MR) is 135 cm³/mol. The normalized spacial score (nSPS) is 19.1. The molecule has 1 aliphatic rings. The average molecular weight is 504 g/mol. The van der Waals surface area contributed by atoms with E-state index in [0.29, 0.717) is 28.5 Å². The Morgan fingerprint density at radius 3 is 2.35 bits per heavy atom. The Labute approximate surface area is 214 Å². The van der Waals surface area contributed by atoms with Gasteiger partial charge in [-0.1, -0.05) is 42.5 Å². The fourth-order valence-electron chi connectivity index (χ4n) is 4.22. The van der Waals surface area contributed by atoms with Crippen molar-refractivity contribution < 1.29 is 19.2 Å². The van der Waals surface area contributed by atoms with Gasteiger partial charge in [-0.25, -0.2) is 0 Å². The van der Waals surface area contributed by atoms with Gasteiger partial charge in [0.25, 0.3) is 5.91 Å². The summed E-state index contributed by atoms with van der Waals surface area (Å²) in [6, 6.07) is 12.9. The van der Waals surface area contributed by atoms with Crippen molar-refractivity contribution in [3.05, 3.63) is 76.9 Å². The quantitative estimate of drug-likeness (QED) is 0.400. The summed E-state index contributed by atoms with van der Waals surface area (Å²) >= 11 is 0. The molecule has 192 valence electrons. The van der Waals surface area contributed by atoms with E-state index >= 15 is 0 Å². The summed E-state index contributed by atoms with van der Waals surface area (Å²) in [6.07, 6.45) is 0.257. The van der Waals surface area contributed by atoms with Crippen molar-refractivity contribution in [2.45, 2.75) is 45.8 Å². The van der Waals surface area contributed by atoms with E-state index < -0.39 is 35.7 Å². The van der Waals surface area contributed by atoms with Crippen LogP contribution < -0.4 is 21.3 Å². The van der Waals surface area contributed by atoms with E-state index in [2.05, 4.69) is 31.5 Å². The lowest BCUT2D eigenvalue weighted by Crippen LogP contribution is -2.52. The van der Waals surface area contributed by atoms with Crippen molar-refractivity contribution >= 4 is 23.6 Å². The summed E-state index contributed by atoms with van der Waals surface area (Å²) in [5.74, 6) is -1.01. The molecule has 0 saturated carbocycles. The molecule has 11 nitrogen and oxygen atoms in total. The van der Waals surface area contributed by atoms with Gasteiger partial charge in [-0.05, 0) is 38.0 Å². The molecule has 3 aromatic rings. The number of hydrogen-bond donors (Lipinski definition) is 4. The zero-order chi connectivity index (χ0) is 26.5. The van der Waals surface area contributed by atoms with Crippen LogP contribution >= 0.6 is 0 Å². The number of carbonyl (C=O) groups is 4. The molecule has 4 amide bonds. The standard InChI is InChI=1S/C26H29N7O4/c1-15-8-7-11-20-23(15)26(37)29-16(2)24(35)28-14-22(34)30-19(12-18-9-5-4-6-10-18)25(36)27-13-21-32-31-17(3)33(20)21/h4-11,16,19H,12-14H2,1-3H3,(H,27,36)(H,28,35)(H,29,37)(H,30,34)/t16-,19-/m0/s1. The lowest BCUT2D eigenvalue weighted by atomic mass is 10.0. The first-order valence-corrected chi connectivity index (χ1v) is 11.9. The molecule has 0 aliphatic carbocycles. The van der Waals surface area contributed by atoms with E-state index in [1.807, 2.05) is 36.4 Å². The van der Waals surface area contributed by atoms with E-state index in [0.717, 1.165) is 5.56 Å². The van der Waals surface area contributed by atoms with Gasteiger partial charge >= 0.3 is 0 Å². The molecular formula is C26H29N7O4. The second-order valence-electron chi connectivity index (χ2n) is 8.91. The molecular weight excluding hydrogens is 474 g/mol. The van der Waals surface area contributed by atoms with Crippen LogP contribution in [0.15, 0.2) is 48.5 Å². The minimum absolute atomic E-state index is 0.0168. The SMILES string of the molecule is Cc1cccc2c1C(=O)N[C@@H](C)C(=O)NCC(=O)N[C@@H](Cc1ccccc1)C(=O)NCc1nnc(C)n1-2. The number of aromatic nitrogens is 3. The number of rotatable bonds is 2. The smallest absolute Gasteiger partial charge is 0.254 e. The van der Waals surface area contributed by atoms with Gasteiger partial charge in [0.1, 0.15) is 17.9 Å². The zero-order valence-corrected chi connectivity index (χ0v) is 20.9. The van der Waals surface area contributed by atoms with Crippen molar-refractivity contribution in [3.63, 3.8) is 0 Å². The topological polar surface area (TPSA) is 147 Å². The zero-order valence-electron chi connectivity index (χ0n) is 20.9. The number of hydrogen-bond acceptors (Lipinski definition) is 6. The van der Waals surface area contributed by atoms with Gasteiger partial charge in [0.15, 0.2) is 5.82 Å². The number of nitrogens with one attached hydrogen (secondary N) is 4. The molecule has 1 aromatic heterocycles. The highest BCUT2D eigenvalue weighted by Gasteiger charge is 2.26. The molecule has 0 fully saturated rings. The molecule has 2 atom stereocenters. The molecule has 4 rings (SSSR count). The highest BCUT2D eigenvalue weighted by molar-refractivity contribution is 6.02. The first-order chi connectivity index (χ1) is 17.7. The molecule has 2 aromatic carbocycles. The van der Waals surface area contributed by atoms with Gasteiger partial charge in [0.05, 0.1) is 24.3 Å². The molecule has 4 N–H and O–H groups in total. The van der Waals surface area contributed by atoms with Gasteiger partial charge in [0, 0.05) is 6.42 Å². The van der Waals surface area contributed by atoms with Crippen LogP contribution in [0.4, 0.5) is 0 Å². The molecule has 0 radical (unpaired) electrons. The Bertz CT molecular complexity index is 1340. The van der Waals surface area contributed by atoms with Crippen LogP contribution in [-0.2, 0) is 27.3 Å². The maximum absolute atomic E-state index is 13.3. The highest BCUT2D eigenvalue weighted by Crippen LogP contribution is 2.22. The van der Waals surface area contributed by atoms with Crippen molar-refractivity contribution in [3.8, 4) is 5.69 Å². The third kappa shape index (κ3) is 5.83. The van der Waals surface area contributed by atoms with E-state index in [1.54, 1.807) is 30.5 Å². The van der Waals surface area contributed by atoms with Crippen LogP contribution in [0.3, 0.4) is 0 Å². The van der Waals surface area contributed by atoms with Gasteiger partial charge in [-0.3, -0.25) is 23.7 Å². The van der Waals surface area contributed by atoms with E-state index in [-0.39, 0.29) is 19.5 Å². The molecule has 0 spiro atoms. The molecule has 0 unspecified atom stereocenters. The lowest BCUT2D eigenvalue weighted by Gasteiger charge is -2.21. The lowest BCUT2D eigenvalue weighted by molar-refractivity contribution is -0.130. The summed E-state index contributed by atoms with van der Waals surface area (Å²) in [4.78, 5) is 51.7. The van der Waals surface area contributed by atoms with Crippen molar-refractivity contribution in [1.82, 2.24) is 36.0 Å². The van der Waals surface area contributed by atoms with E-state index in [4.69, 9.17) is 0 Å². The minimum atomic E-state index is -0.912. The summed E-state index contributed by atoms with van der Waals surface area (Å²) in [6.45, 7) is 4.74. The van der Waals surface area contributed by atoms with Crippen LogP contribution in [0.1, 0.15) is 40.1 Å². The Morgan fingerprint density at radius 1 is 0.865 bits per heavy atom. The second kappa shape index (κ2) is 11.0. The molecule has 0 saturated heterocycles. The van der Waals surface area contributed by atoms with Gasteiger partial charge in [-0.2, -0.15) is 0 Å². The fraction of sp³-hybridized carbons (Fsp3) is 0.308. The number of amides is 4. The van der Waals surface area contributed by atoms with Gasteiger partial charge < -0.3 is 21.3 Å². The maximum atomic E-state index is 13.3. The summed E-state index contributed by atoms with van der Waals surface area (Å²) in [7, 11) is 0. The van der Waals surface area contributed by atoms with Crippen LogP contribution in [0.25, 0.3) is 5.69 Å². The van der Waals surface area contributed by atoms with Crippen LogP contribution in [0.2, 0.25) is 0 Å². The van der Waals surface area contributed by atoms with E-state index in [9.17, 15) is 19.2 Å². The van der Waals surface area contributed by atoms with Crippen molar-refractivity contribution in [1.29, 1.82) is 0 Å². The highest BCUT2D eigenvalue weighted by atomic mass is 16.2. The summed E-state index contributed by atoms with van der Waals surface area (Å²) in [5, 5.41) is 19.1. The second-order valence-corrected chi connectivity index (χ2v) is 8.91. The largest absolute Gasteiger partial charge is 0.347 e. The number of aryl methyl sites for hydroxylation is 2. The number of nitrogens with zero attached hydrogens (tertiary/aromatic N) is 3. The van der Waals surface area contributed by atoms with Crippen LogP contribution in [0.5, 0.6) is 0 Å². The minimum Gasteiger partial charge on any atom is -0.347 e. The molecule has 0 bridgehead atoms. The summed E-state index contributed by atoms with van der Waals surface area (Å²) in [5.41, 5.74) is 2.43. The first kappa shape index (κ1) is 25.5. The Morgan fingerprint density at radius 2 is 1.59 bits per heavy atom. The predicted octanol–water partition coefficient (Wildman–Crippen LogP) is 0.476. The fourth-order valence-corrected chi connectivity index (χ4v) is 4.22. The van der Waals surface area contributed by atoms with Gasteiger partial charge in [-0.15, -0.1) is 10.2 Å². The molecule has 37 heavy (non-hydrogen) atoms. The average Bonchev–Trinajstić information content (AvgIpc) is 3.25. The molecule has 11 heteroatoms. The number of fused-ring (bicyclic) bond motifs is 3. The van der Waals surface area contributed by atoms with Crippen molar-refractivity contribution in [2.75, 3.05) is 6.54 Å². The third-order valence-electron chi connectivity index (χ3n) is 6.13.